The molecule has 0 aliphatic carbocycles. The van der Waals surface area contributed by atoms with Gasteiger partial charge in [0, 0.05) is 32.7 Å². The van der Waals surface area contributed by atoms with Gasteiger partial charge in [0.1, 0.15) is 18.0 Å². The van der Waals surface area contributed by atoms with Gasteiger partial charge in [-0.05, 0) is 39.3 Å². The molecule has 1 aliphatic rings. The van der Waals surface area contributed by atoms with Crippen LogP contribution in [0.3, 0.4) is 0 Å². The molecule has 0 bridgehead atoms. The normalized spacial score (nSPS) is 19.5. The second-order valence-corrected chi connectivity index (χ2v) is 5.26. The Morgan fingerprint density at radius 3 is 3.05 bits per heavy atom. The van der Waals surface area contributed by atoms with Crippen molar-refractivity contribution in [1.29, 1.82) is 0 Å². The molecule has 5 heteroatoms. The maximum absolute atomic E-state index is 4.44. The first-order valence-electron chi connectivity index (χ1n) is 7.17. The molecule has 1 fully saturated rings. The molecular weight excluding hydrogens is 238 g/mol. The number of piperidine rings is 1. The molecule has 5 nitrogen and oxygen atoms in total. The third-order valence-corrected chi connectivity index (χ3v) is 3.84. The predicted molar refractivity (Wildman–Crippen MR) is 79.8 cm³/mol. The van der Waals surface area contributed by atoms with Gasteiger partial charge >= 0.3 is 0 Å². The summed E-state index contributed by atoms with van der Waals surface area (Å²) in [4.78, 5) is 13.3. The van der Waals surface area contributed by atoms with Crippen LogP contribution in [0.15, 0.2) is 12.4 Å². The van der Waals surface area contributed by atoms with Gasteiger partial charge in [0.25, 0.3) is 0 Å². The minimum Gasteiger partial charge on any atom is -0.360 e. The fourth-order valence-corrected chi connectivity index (χ4v) is 2.61. The molecule has 1 aromatic rings. The standard InChI is InChI=1S/C14H25N5/c1-4-18(3)13-8-14(17-11-16-13)19-7-5-6-12(10-19)9-15-2/h8,11-12,15H,4-7,9-10H2,1-3H3. The summed E-state index contributed by atoms with van der Waals surface area (Å²) in [5.74, 6) is 2.79. The molecule has 2 rings (SSSR count). The van der Waals surface area contributed by atoms with Crippen molar-refractivity contribution in [2.24, 2.45) is 5.92 Å². The Morgan fingerprint density at radius 2 is 2.32 bits per heavy atom. The van der Waals surface area contributed by atoms with Gasteiger partial charge in [0.15, 0.2) is 0 Å². The quantitative estimate of drug-likeness (QED) is 0.869. The van der Waals surface area contributed by atoms with E-state index < -0.39 is 0 Å². The number of aromatic nitrogens is 2. The van der Waals surface area contributed by atoms with Crippen LogP contribution in [0.2, 0.25) is 0 Å². The van der Waals surface area contributed by atoms with E-state index in [1.54, 1.807) is 6.33 Å². The van der Waals surface area contributed by atoms with Crippen LogP contribution in [0.25, 0.3) is 0 Å². The van der Waals surface area contributed by atoms with Gasteiger partial charge in [0.05, 0.1) is 0 Å². The molecule has 1 N–H and O–H groups in total. The smallest absolute Gasteiger partial charge is 0.134 e. The van der Waals surface area contributed by atoms with E-state index in [0.717, 1.165) is 43.7 Å². The lowest BCUT2D eigenvalue weighted by atomic mass is 9.98. The lowest BCUT2D eigenvalue weighted by Crippen LogP contribution is -2.39. The van der Waals surface area contributed by atoms with Crippen LogP contribution in [0, 0.1) is 5.92 Å². The van der Waals surface area contributed by atoms with E-state index in [4.69, 9.17) is 0 Å². The third kappa shape index (κ3) is 3.56. The molecule has 0 radical (unpaired) electrons. The summed E-state index contributed by atoms with van der Waals surface area (Å²) in [5.41, 5.74) is 0. The third-order valence-electron chi connectivity index (χ3n) is 3.84. The SMILES string of the molecule is CCN(C)c1cc(N2CCCC(CNC)C2)ncn1. The molecule has 1 aliphatic heterocycles. The molecule has 1 atom stereocenters. The molecule has 1 unspecified atom stereocenters. The minimum atomic E-state index is 0.723. The summed E-state index contributed by atoms with van der Waals surface area (Å²) in [5, 5.41) is 3.28. The predicted octanol–water partition coefficient (Wildman–Crippen LogP) is 1.37. The van der Waals surface area contributed by atoms with E-state index in [9.17, 15) is 0 Å². The van der Waals surface area contributed by atoms with E-state index in [-0.39, 0.29) is 0 Å². The van der Waals surface area contributed by atoms with Crippen LogP contribution in [0.4, 0.5) is 11.6 Å². The van der Waals surface area contributed by atoms with E-state index in [0.29, 0.717) is 0 Å². The van der Waals surface area contributed by atoms with Gasteiger partial charge < -0.3 is 15.1 Å². The maximum atomic E-state index is 4.44. The van der Waals surface area contributed by atoms with Crippen molar-refractivity contribution in [3.05, 3.63) is 12.4 Å². The molecular formula is C14H25N5. The summed E-state index contributed by atoms with van der Waals surface area (Å²) in [6.45, 7) is 6.37. The minimum absolute atomic E-state index is 0.723. The molecule has 0 spiro atoms. The second-order valence-electron chi connectivity index (χ2n) is 5.26. The van der Waals surface area contributed by atoms with Crippen molar-refractivity contribution >= 4 is 11.6 Å². The monoisotopic (exact) mass is 263 g/mol. The van der Waals surface area contributed by atoms with E-state index in [1.807, 2.05) is 7.05 Å². The Kier molecular flexibility index (Phi) is 4.96. The van der Waals surface area contributed by atoms with Crippen molar-refractivity contribution in [2.75, 3.05) is 50.1 Å². The summed E-state index contributed by atoms with van der Waals surface area (Å²) in [6.07, 6.45) is 4.23. The largest absolute Gasteiger partial charge is 0.360 e. The first-order valence-corrected chi connectivity index (χ1v) is 7.17. The van der Waals surface area contributed by atoms with Crippen molar-refractivity contribution < 1.29 is 0 Å². The molecule has 0 saturated carbocycles. The molecule has 1 saturated heterocycles. The molecule has 2 heterocycles. The van der Waals surface area contributed by atoms with Gasteiger partial charge in [-0.25, -0.2) is 9.97 Å². The Labute approximate surface area is 116 Å². The zero-order chi connectivity index (χ0) is 13.7. The zero-order valence-electron chi connectivity index (χ0n) is 12.3. The van der Waals surface area contributed by atoms with Crippen molar-refractivity contribution in [3.63, 3.8) is 0 Å². The Morgan fingerprint density at radius 1 is 1.47 bits per heavy atom. The number of nitrogens with one attached hydrogen (secondary N) is 1. The molecule has 106 valence electrons. The topological polar surface area (TPSA) is 44.3 Å². The maximum Gasteiger partial charge on any atom is 0.134 e. The molecule has 1 aromatic heterocycles. The summed E-state index contributed by atoms with van der Waals surface area (Å²) >= 11 is 0. The van der Waals surface area contributed by atoms with Crippen LogP contribution >= 0.6 is 0 Å². The Balaban J connectivity index is 2.08. The average molecular weight is 263 g/mol. The highest BCUT2D eigenvalue weighted by Gasteiger charge is 2.20. The van der Waals surface area contributed by atoms with Crippen LogP contribution in [0.5, 0.6) is 0 Å². The van der Waals surface area contributed by atoms with E-state index in [2.05, 4.69) is 45.1 Å². The lowest BCUT2D eigenvalue weighted by Gasteiger charge is -2.33. The fraction of sp³-hybridized carbons (Fsp3) is 0.714. The molecule has 19 heavy (non-hydrogen) atoms. The summed E-state index contributed by atoms with van der Waals surface area (Å²) < 4.78 is 0. The highest BCUT2D eigenvalue weighted by molar-refractivity contribution is 5.49. The van der Waals surface area contributed by atoms with Crippen molar-refractivity contribution in [1.82, 2.24) is 15.3 Å². The van der Waals surface area contributed by atoms with Crippen molar-refractivity contribution in [2.45, 2.75) is 19.8 Å². The summed E-state index contributed by atoms with van der Waals surface area (Å²) in [7, 11) is 4.09. The Hall–Kier alpha value is -1.36. The van der Waals surface area contributed by atoms with Crippen LogP contribution in [0.1, 0.15) is 19.8 Å². The first-order chi connectivity index (χ1) is 9.24. The molecule has 0 aromatic carbocycles. The zero-order valence-corrected chi connectivity index (χ0v) is 12.3. The van der Waals surface area contributed by atoms with E-state index in [1.165, 1.54) is 12.8 Å². The lowest BCUT2D eigenvalue weighted by molar-refractivity contribution is 0.401. The first kappa shape index (κ1) is 14.1. The highest BCUT2D eigenvalue weighted by Crippen LogP contribution is 2.23. The van der Waals surface area contributed by atoms with E-state index >= 15 is 0 Å². The number of rotatable bonds is 5. The van der Waals surface area contributed by atoms with Crippen LogP contribution in [-0.2, 0) is 0 Å². The number of anilines is 2. The van der Waals surface area contributed by atoms with Gasteiger partial charge in [0.2, 0.25) is 0 Å². The van der Waals surface area contributed by atoms with Gasteiger partial charge in [-0.15, -0.1) is 0 Å². The van der Waals surface area contributed by atoms with Gasteiger partial charge in [-0.2, -0.15) is 0 Å². The number of hydrogen-bond acceptors (Lipinski definition) is 5. The number of hydrogen-bond donors (Lipinski definition) is 1. The van der Waals surface area contributed by atoms with Crippen molar-refractivity contribution in [3.8, 4) is 0 Å². The van der Waals surface area contributed by atoms with Crippen LogP contribution < -0.4 is 15.1 Å². The highest BCUT2D eigenvalue weighted by atomic mass is 15.2. The summed E-state index contributed by atoms with van der Waals surface area (Å²) in [6, 6.07) is 2.10. The number of nitrogens with zero attached hydrogens (tertiary/aromatic N) is 4. The molecule has 0 amide bonds. The second kappa shape index (κ2) is 6.70. The average Bonchev–Trinajstić information content (AvgIpc) is 2.47. The van der Waals surface area contributed by atoms with Crippen LogP contribution in [-0.4, -0.2) is 50.2 Å². The van der Waals surface area contributed by atoms with Gasteiger partial charge in [-0.1, -0.05) is 0 Å². The Bertz CT molecular complexity index is 393. The van der Waals surface area contributed by atoms with Gasteiger partial charge in [-0.3, -0.25) is 0 Å². The fourth-order valence-electron chi connectivity index (χ4n) is 2.61.